The van der Waals surface area contributed by atoms with Crippen LogP contribution in [0.2, 0.25) is 0 Å². The molecule has 0 amide bonds. The molecule has 0 spiro atoms. The first-order valence-electron chi connectivity index (χ1n) is 7.48. The first kappa shape index (κ1) is 15.2. The van der Waals surface area contributed by atoms with E-state index >= 15 is 0 Å². The van der Waals surface area contributed by atoms with Gasteiger partial charge in [0.25, 0.3) is 0 Å². The summed E-state index contributed by atoms with van der Waals surface area (Å²) in [5, 5.41) is 3.39. The summed E-state index contributed by atoms with van der Waals surface area (Å²) in [6.07, 6.45) is 3.73. The van der Waals surface area contributed by atoms with Gasteiger partial charge < -0.3 is 10.2 Å². The van der Waals surface area contributed by atoms with E-state index in [-0.39, 0.29) is 0 Å². The van der Waals surface area contributed by atoms with Crippen LogP contribution in [0, 0.1) is 0 Å². The highest BCUT2D eigenvalue weighted by Gasteiger charge is 2.27. The molecule has 112 valence electrons. The van der Waals surface area contributed by atoms with Crippen LogP contribution in [0.25, 0.3) is 0 Å². The fraction of sp³-hybridized carbons (Fsp3) is 0.733. The number of rotatable bonds is 4. The third-order valence-electron chi connectivity index (χ3n) is 4.05. The average Bonchev–Trinajstić information content (AvgIpc) is 2.42. The number of aromatic nitrogens is 2. The third-order valence-corrected chi connectivity index (χ3v) is 4.05. The lowest BCUT2D eigenvalue weighted by Crippen LogP contribution is -2.55. The van der Waals surface area contributed by atoms with Gasteiger partial charge in [-0.15, -0.1) is 0 Å². The molecule has 1 aliphatic rings. The maximum absolute atomic E-state index is 4.74. The second-order valence-electron chi connectivity index (χ2n) is 6.17. The Morgan fingerprint density at radius 2 is 1.90 bits per heavy atom. The molecule has 5 nitrogen and oxygen atoms in total. The van der Waals surface area contributed by atoms with Crippen LogP contribution in [-0.2, 0) is 6.54 Å². The molecule has 0 radical (unpaired) electrons. The van der Waals surface area contributed by atoms with E-state index in [0.29, 0.717) is 18.1 Å². The molecule has 1 fully saturated rings. The van der Waals surface area contributed by atoms with Crippen molar-refractivity contribution >= 4 is 5.82 Å². The maximum atomic E-state index is 4.74. The van der Waals surface area contributed by atoms with Gasteiger partial charge in [-0.1, -0.05) is 13.8 Å². The molecule has 2 unspecified atom stereocenters. The highest BCUT2D eigenvalue weighted by atomic mass is 15.3. The first-order valence-corrected chi connectivity index (χ1v) is 7.48. The van der Waals surface area contributed by atoms with E-state index in [1.54, 1.807) is 0 Å². The van der Waals surface area contributed by atoms with Crippen LogP contribution in [0.3, 0.4) is 0 Å². The standard InChI is InChI=1S/C15H27N5/c1-11(2)17-7-14-6-16-8-15(18-14)20-9-12(3)19(5)13(4)10-20/h6,8,11-13,17H,7,9-10H2,1-5H3. The topological polar surface area (TPSA) is 44.3 Å². The van der Waals surface area contributed by atoms with Crippen molar-refractivity contribution in [1.29, 1.82) is 0 Å². The molecule has 5 heteroatoms. The molecule has 1 N–H and O–H groups in total. The summed E-state index contributed by atoms with van der Waals surface area (Å²) in [4.78, 5) is 13.9. The number of piperazine rings is 1. The van der Waals surface area contributed by atoms with E-state index in [4.69, 9.17) is 4.98 Å². The Labute approximate surface area is 122 Å². The van der Waals surface area contributed by atoms with Gasteiger partial charge in [-0.2, -0.15) is 0 Å². The van der Waals surface area contributed by atoms with E-state index in [0.717, 1.165) is 31.1 Å². The highest BCUT2D eigenvalue weighted by molar-refractivity contribution is 5.37. The molecule has 1 aromatic rings. The molecule has 2 atom stereocenters. The zero-order valence-electron chi connectivity index (χ0n) is 13.3. The molecule has 2 rings (SSSR count). The van der Waals surface area contributed by atoms with Crippen molar-refractivity contribution in [1.82, 2.24) is 20.2 Å². The van der Waals surface area contributed by atoms with Gasteiger partial charge >= 0.3 is 0 Å². The monoisotopic (exact) mass is 277 g/mol. The molecule has 0 saturated carbocycles. The van der Waals surface area contributed by atoms with Crippen LogP contribution in [0.15, 0.2) is 12.4 Å². The second-order valence-corrected chi connectivity index (χ2v) is 6.17. The number of likely N-dealkylation sites (N-methyl/N-ethyl adjacent to an activating group) is 1. The summed E-state index contributed by atoms with van der Waals surface area (Å²) in [6.45, 7) is 11.6. The number of nitrogens with one attached hydrogen (secondary N) is 1. The Hall–Kier alpha value is -1.20. The molecule has 0 bridgehead atoms. The fourth-order valence-corrected chi connectivity index (χ4v) is 2.53. The van der Waals surface area contributed by atoms with Crippen molar-refractivity contribution in [3.05, 3.63) is 18.1 Å². The second kappa shape index (κ2) is 6.50. The Morgan fingerprint density at radius 1 is 1.25 bits per heavy atom. The molecular formula is C15H27N5. The number of nitrogens with zero attached hydrogens (tertiary/aromatic N) is 4. The Bertz CT molecular complexity index is 422. The largest absolute Gasteiger partial charge is 0.352 e. The van der Waals surface area contributed by atoms with E-state index in [2.05, 4.69) is 54.8 Å². The van der Waals surface area contributed by atoms with Crippen LogP contribution >= 0.6 is 0 Å². The van der Waals surface area contributed by atoms with E-state index in [1.165, 1.54) is 0 Å². The van der Waals surface area contributed by atoms with E-state index in [1.807, 2.05) is 12.4 Å². The predicted molar refractivity (Wildman–Crippen MR) is 82.9 cm³/mol. The lowest BCUT2D eigenvalue weighted by molar-refractivity contribution is 0.169. The predicted octanol–water partition coefficient (Wildman–Crippen LogP) is 1.50. The molecule has 0 aromatic carbocycles. The zero-order chi connectivity index (χ0) is 14.7. The average molecular weight is 277 g/mol. The molecule has 0 aliphatic carbocycles. The summed E-state index contributed by atoms with van der Waals surface area (Å²) in [6, 6.07) is 1.54. The van der Waals surface area contributed by atoms with Crippen molar-refractivity contribution in [2.75, 3.05) is 25.0 Å². The van der Waals surface area contributed by atoms with Crippen molar-refractivity contribution in [3.63, 3.8) is 0 Å². The summed E-state index contributed by atoms with van der Waals surface area (Å²) >= 11 is 0. The summed E-state index contributed by atoms with van der Waals surface area (Å²) in [7, 11) is 2.20. The minimum atomic E-state index is 0.462. The minimum absolute atomic E-state index is 0.462. The third kappa shape index (κ3) is 3.67. The molecule has 1 saturated heterocycles. The normalized spacial score (nSPS) is 24.4. The van der Waals surface area contributed by atoms with Gasteiger partial charge in [0.15, 0.2) is 0 Å². The molecular weight excluding hydrogens is 250 g/mol. The van der Waals surface area contributed by atoms with Crippen molar-refractivity contribution < 1.29 is 0 Å². The lowest BCUT2D eigenvalue weighted by atomic mass is 10.1. The summed E-state index contributed by atoms with van der Waals surface area (Å²) in [5.74, 6) is 1.000. The van der Waals surface area contributed by atoms with Gasteiger partial charge in [-0.3, -0.25) is 9.88 Å². The van der Waals surface area contributed by atoms with E-state index < -0.39 is 0 Å². The van der Waals surface area contributed by atoms with Gasteiger partial charge in [0.05, 0.1) is 11.9 Å². The van der Waals surface area contributed by atoms with Crippen LogP contribution in [0.4, 0.5) is 5.82 Å². The van der Waals surface area contributed by atoms with Gasteiger partial charge in [-0.25, -0.2) is 4.98 Å². The molecule has 20 heavy (non-hydrogen) atoms. The maximum Gasteiger partial charge on any atom is 0.147 e. The zero-order valence-corrected chi connectivity index (χ0v) is 13.3. The SMILES string of the molecule is CC(C)NCc1cncc(N2CC(C)N(C)C(C)C2)n1. The van der Waals surface area contributed by atoms with Crippen LogP contribution in [-0.4, -0.2) is 53.1 Å². The van der Waals surface area contributed by atoms with Crippen LogP contribution < -0.4 is 10.2 Å². The minimum Gasteiger partial charge on any atom is -0.352 e. The van der Waals surface area contributed by atoms with Gasteiger partial charge in [-0.05, 0) is 20.9 Å². The smallest absolute Gasteiger partial charge is 0.147 e. The quantitative estimate of drug-likeness (QED) is 0.903. The molecule has 1 aliphatic heterocycles. The fourth-order valence-electron chi connectivity index (χ4n) is 2.53. The van der Waals surface area contributed by atoms with Crippen LogP contribution in [0.1, 0.15) is 33.4 Å². The number of anilines is 1. The van der Waals surface area contributed by atoms with Crippen molar-refractivity contribution in [2.24, 2.45) is 0 Å². The van der Waals surface area contributed by atoms with E-state index in [9.17, 15) is 0 Å². The van der Waals surface area contributed by atoms with Gasteiger partial charge in [0, 0.05) is 44.0 Å². The molecule has 1 aromatic heterocycles. The van der Waals surface area contributed by atoms with Gasteiger partial charge in [0.2, 0.25) is 0 Å². The Kier molecular flexibility index (Phi) is 4.94. The first-order chi connectivity index (χ1) is 9.47. The summed E-state index contributed by atoms with van der Waals surface area (Å²) in [5.41, 5.74) is 1.01. The highest BCUT2D eigenvalue weighted by Crippen LogP contribution is 2.19. The Balaban J connectivity index is 2.07. The van der Waals surface area contributed by atoms with Crippen molar-refractivity contribution in [3.8, 4) is 0 Å². The summed E-state index contributed by atoms with van der Waals surface area (Å²) < 4.78 is 0. The Morgan fingerprint density at radius 3 is 2.50 bits per heavy atom. The van der Waals surface area contributed by atoms with Crippen LogP contribution in [0.5, 0.6) is 0 Å². The van der Waals surface area contributed by atoms with Crippen molar-refractivity contribution in [2.45, 2.75) is 52.4 Å². The van der Waals surface area contributed by atoms with Gasteiger partial charge in [0.1, 0.15) is 5.82 Å². The number of hydrogen-bond acceptors (Lipinski definition) is 5. The lowest BCUT2D eigenvalue weighted by Gasteiger charge is -2.42. The molecule has 2 heterocycles. The number of hydrogen-bond donors (Lipinski definition) is 1.